The van der Waals surface area contributed by atoms with Crippen LogP contribution in [-0.4, -0.2) is 140 Å². The minimum Gasteiger partial charge on any atom is -0.394 e. The number of rotatable bonds is 62. The highest BCUT2D eigenvalue weighted by atomic mass is 16.7. The van der Waals surface area contributed by atoms with Crippen molar-refractivity contribution in [1.82, 2.24) is 5.32 Å². The topological polar surface area (TPSA) is 228 Å². The molecule has 90 heavy (non-hydrogen) atoms. The van der Waals surface area contributed by atoms with E-state index in [4.69, 9.17) is 18.9 Å². The summed E-state index contributed by atoms with van der Waals surface area (Å²) < 4.78 is 23.0. The summed E-state index contributed by atoms with van der Waals surface area (Å²) in [6, 6.07) is -0.831. The van der Waals surface area contributed by atoms with Gasteiger partial charge in [-0.3, -0.25) is 4.79 Å². The minimum atomic E-state index is -1.78. The first-order valence-electron chi connectivity index (χ1n) is 37.5. The molecule has 2 heterocycles. The van der Waals surface area contributed by atoms with E-state index in [-0.39, 0.29) is 12.5 Å². The molecule has 0 bridgehead atoms. The summed E-state index contributed by atoms with van der Waals surface area (Å²) >= 11 is 0. The zero-order chi connectivity index (χ0) is 65.2. The summed E-state index contributed by atoms with van der Waals surface area (Å²) in [5.74, 6) is -0.202. The second-order valence-electron chi connectivity index (χ2n) is 26.4. The molecule has 2 aliphatic rings. The van der Waals surface area contributed by atoms with Crippen LogP contribution in [0.3, 0.4) is 0 Å². The van der Waals surface area contributed by atoms with E-state index in [1.54, 1.807) is 0 Å². The van der Waals surface area contributed by atoms with E-state index in [2.05, 4.69) is 79.9 Å². The summed E-state index contributed by atoms with van der Waals surface area (Å²) in [7, 11) is 0. The number of carbonyl (C=O) groups excluding carboxylic acids is 1. The highest BCUT2D eigenvalue weighted by Crippen LogP contribution is 2.30. The standard InChI is InChI=1S/C76H139NO13/c1-3-5-7-9-11-13-15-17-19-21-23-25-27-28-29-30-31-32-33-34-35-36-38-40-42-44-46-48-50-52-54-56-58-60-68(81)77-64(63-87-75-73(86)71(84)74(67(62-79)89-75)90-76-72(85)70(83)69(82)66(61-78)88-76)65(80)59-57-55-53-51-49-47-45-43-41-39-37-26-24-22-20-18-16-14-12-10-8-6-4-2/h5,7,11,13,17,19,23,25,28-29,64-67,69-76,78-80,82-86H,3-4,6,8-10,12,14-16,18,20-22,24,26-27,30-63H2,1-2H3,(H,77,81)/b7-5-,13-11-,19-17-,25-23-,29-28-. The van der Waals surface area contributed by atoms with Gasteiger partial charge in [0, 0.05) is 6.42 Å². The maximum atomic E-state index is 13.4. The third-order valence-corrected chi connectivity index (χ3v) is 18.2. The third kappa shape index (κ3) is 43.6. The molecule has 0 spiro atoms. The number of nitrogens with one attached hydrogen (secondary N) is 1. The third-order valence-electron chi connectivity index (χ3n) is 18.2. The van der Waals surface area contributed by atoms with Gasteiger partial charge in [0.25, 0.3) is 0 Å². The Labute approximate surface area is 549 Å². The number of aliphatic hydroxyl groups excluding tert-OH is 8. The maximum Gasteiger partial charge on any atom is 0.220 e. The van der Waals surface area contributed by atoms with Crippen molar-refractivity contribution >= 4 is 5.91 Å². The second kappa shape index (κ2) is 60.4. The largest absolute Gasteiger partial charge is 0.394 e. The van der Waals surface area contributed by atoms with Crippen molar-refractivity contribution in [3.8, 4) is 0 Å². The van der Waals surface area contributed by atoms with Crippen LogP contribution >= 0.6 is 0 Å². The van der Waals surface area contributed by atoms with Crippen LogP contribution in [0.5, 0.6) is 0 Å². The fourth-order valence-corrected chi connectivity index (χ4v) is 12.3. The molecule has 2 aliphatic heterocycles. The lowest BCUT2D eigenvalue weighted by Crippen LogP contribution is -2.65. The van der Waals surface area contributed by atoms with Crippen LogP contribution in [0, 0.1) is 0 Å². The fraction of sp³-hybridized carbons (Fsp3) is 0.855. The molecule has 2 saturated heterocycles. The first-order valence-corrected chi connectivity index (χ1v) is 37.5. The first kappa shape index (κ1) is 83.8. The number of unbranched alkanes of at least 4 members (excludes halogenated alkanes) is 39. The summed E-state index contributed by atoms with van der Waals surface area (Å²) in [6.07, 6.45) is 63.8. The number of carbonyl (C=O) groups is 1. The van der Waals surface area contributed by atoms with Crippen molar-refractivity contribution in [3.63, 3.8) is 0 Å². The monoisotopic (exact) mass is 1270 g/mol. The number of ether oxygens (including phenoxy) is 4. The highest BCUT2D eigenvalue weighted by Gasteiger charge is 2.51. The van der Waals surface area contributed by atoms with Crippen molar-refractivity contribution in [2.75, 3.05) is 19.8 Å². The Hall–Kier alpha value is -2.31. The first-order chi connectivity index (χ1) is 44.1. The number of amides is 1. The molecule has 12 atom stereocenters. The predicted molar refractivity (Wildman–Crippen MR) is 369 cm³/mol. The van der Waals surface area contributed by atoms with Gasteiger partial charge in [-0.15, -0.1) is 0 Å². The molecular weight excluding hydrogens is 1130 g/mol. The number of hydrogen-bond acceptors (Lipinski definition) is 13. The maximum absolute atomic E-state index is 13.4. The van der Waals surface area contributed by atoms with E-state index >= 15 is 0 Å². The lowest BCUT2D eigenvalue weighted by molar-refractivity contribution is -0.359. The van der Waals surface area contributed by atoms with Gasteiger partial charge in [-0.2, -0.15) is 0 Å². The summed E-state index contributed by atoms with van der Waals surface area (Å²) in [5.41, 5.74) is 0. The van der Waals surface area contributed by atoms with Gasteiger partial charge in [-0.1, -0.05) is 319 Å². The quantitative estimate of drug-likeness (QED) is 0.0204. The van der Waals surface area contributed by atoms with Crippen LogP contribution < -0.4 is 5.32 Å². The number of aliphatic hydroxyl groups is 8. The van der Waals surface area contributed by atoms with Gasteiger partial charge in [0.15, 0.2) is 12.6 Å². The molecular formula is C76H139NO13. The van der Waals surface area contributed by atoms with E-state index in [9.17, 15) is 45.6 Å². The molecule has 0 aromatic carbocycles. The fourth-order valence-electron chi connectivity index (χ4n) is 12.3. The smallest absolute Gasteiger partial charge is 0.220 e. The zero-order valence-electron chi connectivity index (χ0n) is 57.4. The Morgan fingerprint density at radius 2 is 0.767 bits per heavy atom. The predicted octanol–water partition coefficient (Wildman–Crippen LogP) is 16.0. The lowest BCUT2D eigenvalue weighted by atomic mass is 9.97. The van der Waals surface area contributed by atoms with Crippen LogP contribution in [0.2, 0.25) is 0 Å². The Balaban J connectivity index is 1.62. The van der Waals surface area contributed by atoms with Gasteiger partial charge >= 0.3 is 0 Å². The average Bonchev–Trinajstić information content (AvgIpc) is 1.41. The van der Waals surface area contributed by atoms with Gasteiger partial charge in [-0.25, -0.2) is 0 Å². The SMILES string of the molecule is CC/C=C\C/C=C\C/C=C\C/C=C\C/C=C\CCCCCCCCCCCCCCCCCCCC(=O)NC(COC1OC(CO)C(OC2OC(CO)C(O)C(O)C2O)C(O)C1O)C(O)CCCCCCCCCCCCCCCCCCCCCCCCC. The van der Waals surface area contributed by atoms with Crippen molar-refractivity contribution < 1.29 is 64.6 Å². The van der Waals surface area contributed by atoms with E-state index in [1.165, 1.54) is 212 Å². The van der Waals surface area contributed by atoms with Crippen molar-refractivity contribution in [1.29, 1.82) is 0 Å². The van der Waals surface area contributed by atoms with Gasteiger partial charge in [0.2, 0.25) is 5.91 Å². The van der Waals surface area contributed by atoms with Gasteiger partial charge in [-0.05, 0) is 57.8 Å². The van der Waals surface area contributed by atoms with Crippen molar-refractivity contribution in [2.45, 2.75) is 396 Å². The molecule has 1 amide bonds. The molecule has 0 radical (unpaired) electrons. The van der Waals surface area contributed by atoms with Gasteiger partial charge in [0.05, 0.1) is 32.0 Å². The van der Waals surface area contributed by atoms with E-state index in [1.807, 2.05) is 0 Å². The second-order valence-corrected chi connectivity index (χ2v) is 26.4. The molecule has 0 saturated carbocycles. The van der Waals surface area contributed by atoms with Crippen LogP contribution in [0.4, 0.5) is 0 Å². The van der Waals surface area contributed by atoms with Crippen LogP contribution in [-0.2, 0) is 23.7 Å². The molecule has 526 valence electrons. The molecule has 12 unspecified atom stereocenters. The molecule has 2 rings (SSSR count). The number of allylic oxidation sites excluding steroid dienone is 10. The Bertz CT molecular complexity index is 1740. The van der Waals surface area contributed by atoms with E-state index < -0.39 is 86.8 Å². The Kier molecular flexibility index (Phi) is 56.2. The molecule has 9 N–H and O–H groups in total. The van der Waals surface area contributed by atoms with Crippen LogP contribution in [0.1, 0.15) is 322 Å². The lowest BCUT2D eigenvalue weighted by Gasteiger charge is -2.46. The molecule has 0 aromatic heterocycles. The van der Waals surface area contributed by atoms with Crippen LogP contribution in [0.25, 0.3) is 0 Å². The van der Waals surface area contributed by atoms with Crippen molar-refractivity contribution in [2.24, 2.45) is 0 Å². The zero-order valence-corrected chi connectivity index (χ0v) is 57.4. The van der Waals surface area contributed by atoms with Gasteiger partial charge < -0.3 is 65.1 Å². The summed E-state index contributed by atoms with van der Waals surface area (Å²) in [4.78, 5) is 13.4. The van der Waals surface area contributed by atoms with E-state index in [0.717, 1.165) is 83.5 Å². The van der Waals surface area contributed by atoms with Gasteiger partial charge in [0.1, 0.15) is 48.8 Å². The molecule has 2 fully saturated rings. The van der Waals surface area contributed by atoms with E-state index in [0.29, 0.717) is 12.8 Å². The summed E-state index contributed by atoms with van der Waals surface area (Å²) in [6.45, 7) is 2.80. The Morgan fingerprint density at radius 3 is 1.18 bits per heavy atom. The summed E-state index contributed by atoms with van der Waals surface area (Å²) in [5, 5.41) is 87.7. The normalized spacial score (nSPS) is 23.2. The highest BCUT2D eigenvalue weighted by molar-refractivity contribution is 5.76. The average molecular weight is 1270 g/mol. The molecule has 14 heteroatoms. The Morgan fingerprint density at radius 1 is 0.411 bits per heavy atom. The minimum absolute atomic E-state index is 0.202. The van der Waals surface area contributed by atoms with Crippen molar-refractivity contribution in [3.05, 3.63) is 60.8 Å². The molecule has 14 nitrogen and oxygen atoms in total. The molecule has 0 aliphatic carbocycles. The number of hydrogen-bond donors (Lipinski definition) is 9. The molecule has 0 aromatic rings. The van der Waals surface area contributed by atoms with Crippen LogP contribution in [0.15, 0.2) is 60.8 Å².